The Morgan fingerprint density at radius 3 is 2.09 bits per heavy atom. The summed E-state index contributed by atoms with van der Waals surface area (Å²) < 4.78 is 2.65. The third-order valence-corrected chi connectivity index (χ3v) is 12.7. The number of rotatable bonds is 0. The molecule has 1 saturated carbocycles. The Labute approximate surface area is 269 Å². The van der Waals surface area contributed by atoms with Gasteiger partial charge in [0, 0.05) is 38.8 Å². The Morgan fingerprint density at radius 1 is 0.689 bits per heavy atom. The van der Waals surface area contributed by atoms with E-state index >= 15 is 0 Å². The van der Waals surface area contributed by atoms with E-state index in [0.29, 0.717) is 0 Å². The first-order chi connectivity index (χ1) is 21.1. The summed E-state index contributed by atoms with van der Waals surface area (Å²) in [5.41, 5.74) is 19.2. The maximum atomic E-state index is 2.86. The van der Waals surface area contributed by atoms with Crippen molar-refractivity contribution >= 4 is 56.3 Å². The summed E-state index contributed by atoms with van der Waals surface area (Å²) in [6.07, 6.45) is 5.12. The van der Waals surface area contributed by atoms with Gasteiger partial charge in [0.2, 0.25) is 0 Å². The van der Waals surface area contributed by atoms with Gasteiger partial charge < -0.3 is 9.47 Å². The number of nitrogens with zero attached hydrogens (tertiary/aromatic N) is 2. The molecule has 0 bridgehead atoms. The Morgan fingerprint density at radius 2 is 1.36 bits per heavy atom. The molecule has 9 rings (SSSR count). The zero-order valence-corrected chi connectivity index (χ0v) is 29.0. The van der Waals surface area contributed by atoms with Crippen molar-refractivity contribution in [2.45, 2.75) is 117 Å². The number of hydrogen-bond donors (Lipinski definition) is 0. The van der Waals surface area contributed by atoms with E-state index in [-0.39, 0.29) is 28.5 Å². The predicted molar refractivity (Wildman–Crippen MR) is 195 cm³/mol. The van der Waals surface area contributed by atoms with Crippen LogP contribution in [0.4, 0.5) is 11.4 Å². The monoisotopic (exact) mass is 590 g/mol. The van der Waals surface area contributed by atoms with Crippen molar-refractivity contribution in [3.63, 3.8) is 0 Å². The first kappa shape index (κ1) is 27.8. The van der Waals surface area contributed by atoms with Gasteiger partial charge in [-0.3, -0.25) is 0 Å². The molecular formula is C42H47BN2. The third kappa shape index (κ3) is 3.28. The van der Waals surface area contributed by atoms with Crippen LogP contribution in [0.2, 0.25) is 0 Å². The summed E-state index contributed by atoms with van der Waals surface area (Å²) >= 11 is 0. The fourth-order valence-electron chi connectivity index (χ4n) is 10.1. The van der Waals surface area contributed by atoms with Crippen molar-refractivity contribution in [2.24, 2.45) is 0 Å². The van der Waals surface area contributed by atoms with E-state index in [1.54, 1.807) is 5.56 Å². The van der Waals surface area contributed by atoms with Gasteiger partial charge in [0.15, 0.2) is 0 Å². The molecule has 1 aliphatic carbocycles. The molecule has 228 valence electrons. The minimum atomic E-state index is 0.0439. The van der Waals surface area contributed by atoms with Gasteiger partial charge in [-0.25, -0.2) is 0 Å². The molecule has 0 N–H and O–H groups in total. The lowest BCUT2D eigenvalue weighted by Crippen LogP contribution is -2.64. The normalized spacial score (nSPS) is 23.1. The Hall–Kier alpha value is -3.46. The highest BCUT2D eigenvalue weighted by Crippen LogP contribution is 2.61. The van der Waals surface area contributed by atoms with Gasteiger partial charge in [0.25, 0.3) is 6.71 Å². The van der Waals surface area contributed by atoms with Crippen molar-refractivity contribution < 1.29 is 0 Å². The molecule has 0 spiro atoms. The van der Waals surface area contributed by atoms with Crippen molar-refractivity contribution in [3.8, 4) is 5.69 Å². The maximum Gasteiger partial charge on any atom is 0.252 e. The Kier molecular flexibility index (Phi) is 5.11. The fraction of sp³-hybridized carbons (Fsp3) is 0.429. The van der Waals surface area contributed by atoms with Gasteiger partial charge in [0.1, 0.15) is 0 Å². The van der Waals surface area contributed by atoms with Crippen LogP contribution in [0.25, 0.3) is 27.5 Å². The second kappa shape index (κ2) is 8.27. The largest absolute Gasteiger partial charge is 0.335 e. The number of anilines is 2. The van der Waals surface area contributed by atoms with Crippen LogP contribution in [-0.2, 0) is 16.2 Å². The lowest BCUT2D eigenvalue weighted by molar-refractivity contribution is 0.195. The van der Waals surface area contributed by atoms with Crippen molar-refractivity contribution in [2.75, 3.05) is 4.90 Å². The van der Waals surface area contributed by atoms with E-state index in [1.165, 1.54) is 103 Å². The number of aryl methyl sites for hydroxylation is 2. The highest BCUT2D eigenvalue weighted by atomic mass is 15.3. The molecule has 3 heteroatoms. The quantitative estimate of drug-likeness (QED) is 0.161. The van der Waals surface area contributed by atoms with Gasteiger partial charge in [-0.05, 0) is 113 Å². The summed E-state index contributed by atoms with van der Waals surface area (Å²) in [6, 6.07) is 22.5. The van der Waals surface area contributed by atoms with Gasteiger partial charge in [-0.15, -0.1) is 0 Å². The second-order valence-electron chi connectivity index (χ2n) is 17.6. The molecule has 0 radical (unpaired) electrons. The molecule has 4 aromatic carbocycles. The molecule has 4 aliphatic rings. The molecule has 45 heavy (non-hydrogen) atoms. The van der Waals surface area contributed by atoms with Crippen molar-refractivity contribution in [1.29, 1.82) is 0 Å². The standard InChI is InChI=1S/C42H47BN2/c1-24-17-30-38-31(18-24)43-32-23-27(40(6,7)8)22-29-28-21-26(39(3,4)5)13-14-33(28)44(37(29)32)34-19-25(2)20-35(36(34)43)45(38)42(10)16-12-11-15-41(30,42)9/h13-14,17-23H,11-12,15-16H2,1-10H3. The number of aromatic nitrogens is 1. The summed E-state index contributed by atoms with van der Waals surface area (Å²) in [5, 5.41) is 2.80. The first-order valence-corrected chi connectivity index (χ1v) is 17.4. The van der Waals surface area contributed by atoms with Crippen LogP contribution in [-0.4, -0.2) is 16.8 Å². The van der Waals surface area contributed by atoms with E-state index in [0.717, 1.165) is 0 Å². The summed E-state index contributed by atoms with van der Waals surface area (Å²) in [6.45, 7) is 24.2. The van der Waals surface area contributed by atoms with Crippen LogP contribution in [0.3, 0.4) is 0 Å². The summed E-state index contributed by atoms with van der Waals surface area (Å²) in [4.78, 5) is 2.86. The zero-order chi connectivity index (χ0) is 31.6. The molecule has 2 atom stereocenters. The van der Waals surface area contributed by atoms with E-state index < -0.39 is 0 Å². The van der Waals surface area contributed by atoms with Crippen LogP contribution in [0.1, 0.15) is 109 Å². The molecule has 5 aromatic rings. The van der Waals surface area contributed by atoms with Crippen molar-refractivity contribution in [1.82, 2.24) is 4.57 Å². The highest BCUT2D eigenvalue weighted by Gasteiger charge is 2.61. The predicted octanol–water partition coefficient (Wildman–Crippen LogP) is 8.88. The SMILES string of the molecule is Cc1cc2c3c(c1)-n1c4ccc(C(C)(C)C)cc4c4cc(C(C)(C)C)cc(c41)B3c1cc(C)cc3c1N2C1(C)CCCCC31C. The summed E-state index contributed by atoms with van der Waals surface area (Å²) in [5.74, 6) is 0. The molecule has 1 aromatic heterocycles. The third-order valence-electron chi connectivity index (χ3n) is 12.7. The molecule has 0 saturated heterocycles. The molecule has 1 fully saturated rings. The lowest BCUT2D eigenvalue weighted by Gasteiger charge is -2.52. The first-order valence-electron chi connectivity index (χ1n) is 17.4. The average Bonchev–Trinajstić information content (AvgIpc) is 3.39. The number of benzene rings is 4. The molecule has 2 nitrogen and oxygen atoms in total. The summed E-state index contributed by atoms with van der Waals surface area (Å²) in [7, 11) is 0. The molecule has 4 heterocycles. The molecular weight excluding hydrogens is 543 g/mol. The van der Waals surface area contributed by atoms with Gasteiger partial charge in [0.05, 0.1) is 11.1 Å². The number of hydrogen-bond acceptors (Lipinski definition) is 1. The second-order valence-corrected chi connectivity index (χ2v) is 17.6. The van der Waals surface area contributed by atoms with E-state index in [4.69, 9.17) is 0 Å². The lowest BCUT2D eigenvalue weighted by atomic mass is 9.33. The van der Waals surface area contributed by atoms with Crippen LogP contribution in [0.15, 0.2) is 54.6 Å². The van der Waals surface area contributed by atoms with E-state index in [1.807, 2.05) is 0 Å². The topological polar surface area (TPSA) is 8.17 Å². The highest BCUT2D eigenvalue weighted by molar-refractivity contribution is 7.00. The van der Waals surface area contributed by atoms with E-state index in [2.05, 4.69) is 133 Å². The Balaban J connectivity index is 1.49. The van der Waals surface area contributed by atoms with E-state index in [9.17, 15) is 0 Å². The zero-order valence-electron chi connectivity index (χ0n) is 29.0. The van der Waals surface area contributed by atoms with Gasteiger partial charge in [-0.1, -0.05) is 91.1 Å². The smallest absolute Gasteiger partial charge is 0.252 e. The van der Waals surface area contributed by atoms with Gasteiger partial charge >= 0.3 is 0 Å². The average molecular weight is 591 g/mol. The molecule has 0 amide bonds. The number of fused-ring (bicyclic) bond motifs is 10. The Bertz CT molecular complexity index is 2150. The minimum Gasteiger partial charge on any atom is -0.335 e. The maximum absolute atomic E-state index is 2.86. The minimum absolute atomic E-state index is 0.0439. The fourth-order valence-corrected chi connectivity index (χ4v) is 10.1. The van der Waals surface area contributed by atoms with Gasteiger partial charge in [-0.2, -0.15) is 0 Å². The van der Waals surface area contributed by atoms with Crippen molar-refractivity contribution in [3.05, 3.63) is 82.4 Å². The molecule has 3 aliphatic heterocycles. The van der Waals surface area contributed by atoms with Crippen LogP contribution in [0, 0.1) is 13.8 Å². The van der Waals surface area contributed by atoms with Crippen LogP contribution in [0.5, 0.6) is 0 Å². The van der Waals surface area contributed by atoms with Crippen LogP contribution >= 0.6 is 0 Å². The van der Waals surface area contributed by atoms with Crippen LogP contribution < -0.4 is 21.3 Å². The molecule has 2 unspecified atom stereocenters.